The molecule has 8 rings (SSSR count). The summed E-state index contributed by atoms with van der Waals surface area (Å²) in [6.45, 7) is 4.68. The van der Waals surface area contributed by atoms with Crippen molar-refractivity contribution in [2.45, 2.75) is 120 Å². The second kappa shape index (κ2) is 10.8. The molecule has 1 aromatic carbocycles. The van der Waals surface area contributed by atoms with Crippen LogP contribution in [0.5, 0.6) is 5.75 Å². The van der Waals surface area contributed by atoms with E-state index in [0.29, 0.717) is 17.7 Å². The van der Waals surface area contributed by atoms with E-state index in [1.165, 1.54) is 90.1 Å². The van der Waals surface area contributed by atoms with Crippen molar-refractivity contribution < 1.29 is 10.2 Å². The van der Waals surface area contributed by atoms with Gasteiger partial charge < -0.3 is 20.1 Å². The van der Waals surface area contributed by atoms with Crippen LogP contribution in [-0.2, 0) is 0 Å². The Morgan fingerprint density at radius 2 is 1.60 bits per heavy atom. The average molecular weight is 571 g/mol. The van der Waals surface area contributed by atoms with Gasteiger partial charge in [-0.2, -0.15) is 0 Å². The SMILES string of the molecule is Oc1cccc2c1[nH]c1c([C@H]3C[C@@]4(O)CCCCCCCCN5CC[C@@H]3[C@]3(C[C@@H]6CCCCCCN6[C@@H]43)C5)nccc12. The molecule has 1 saturated carbocycles. The fourth-order valence-electron chi connectivity index (χ4n) is 10.9. The van der Waals surface area contributed by atoms with E-state index in [4.69, 9.17) is 4.98 Å². The number of aromatic nitrogens is 2. The quantitative estimate of drug-likeness (QED) is 0.291. The van der Waals surface area contributed by atoms with Gasteiger partial charge in [-0.05, 0) is 82.6 Å². The summed E-state index contributed by atoms with van der Waals surface area (Å²) in [6, 6.07) is 8.77. The van der Waals surface area contributed by atoms with Crippen molar-refractivity contribution in [1.29, 1.82) is 0 Å². The monoisotopic (exact) mass is 570 g/mol. The second-order valence-electron chi connectivity index (χ2n) is 14.8. The van der Waals surface area contributed by atoms with E-state index in [9.17, 15) is 10.2 Å². The third-order valence-electron chi connectivity index (χ3n) is 12.5. The van der Waals surface area contributed by atoms with Crippen LogP contribution in [0.3, 0.4) is 0 Å². The molecule has 226 valence electrons. The summed E-state index contributed by atoms with van der Waals surface area (Å²) in [5.74, 6) is 1.02. The maximum Gasteiger partial charge on any atom is 0.139 e. The van der Waals surface area contributed by atoms with Crippen LogP contribution >= 0.6 is 0 Å². The maximum atomic E-state index is 13.2. The Kier molecular flexibility index (Phi) is 7.03. The molecule has 3 aromatic rings. The third kappa shape index (κ3) is 4.34. The molecule has 3 bridgehead atoms. The van der Waals surface area contributed by atoms with Crippen LogP contribution in [0.15, 0.2) is 30.5 Å². The predicted molar refractivity (Wildman–Crippen MR) is 169 cm³/mol. The summed E-state index contributed by atoms with van der Waals surface area (Å²) in [4.78, 5) is 14.5. The molecule has 1 spiro atoms. The highest BCUT2D eigenvalue weighted by Gasteiger charge is 2.68. The fourth-order valence-corrected chi connectivity index (χ4v) is 10.9. The first-order valence-electron chi connectivity index (χ1n) is 17.4. The zero-order chi connectivity index (χ0) is 28.3. The Balaban J connectivity index is 1.30. The average Bonchev–Trinajstić information content (AvgIpc) is 3.50. The Morgan fingerprint density at radius 3 is 2.50 bits per heavy atom. The molecule has 0 radical (unpaired) electrons. The van der Waals surface area contributed by atoms with Crippen LogP contribution in [0.4, 0.5) is 0 Å². The number of piperidine rings is 1. The lowest BCUT2D eigenvalue weighted by atomic mass is 9.50. The lowest BCUT2D eigenvalue weighted by Crippen LogP contribution is -2.68. The fraction of sp³-hybridized carbons (Fsp3) is 0.694. The first-order valence-corrected chi connectivity index (χ1v) is 17.4. The zero-order valence-electron chi connectivity index (χ0n) is 25.4. The second-order valence-corrected chi connectivity index (χ2v) is 14.8. The number of aromatic hydroxyl groups is 1. The van der Waals surface area contributed by atoms with Crippen LogP contribution in [0.1, 0.15) is 108 Å². The summed E-state index contributed by atoms with van der Waals surface area (Å²) < 4.78 is 0. The van der Waals surface area contributed by atoms with E-state index in [1.54, 1.807) is 6.07 Å². The number of phenols is 1. The molecule has 1 unspecified atom stereocenters. The molecular weight excluding hydrogens is 520 g/mol. The van der Waals surface area contributed by atoms with Crippen LogP contribution in [-0.4, -0.2) is 73.8 Å². The molecule has 2 aromatic heterocycles. The molecule has 6 nitrogen and oxygen atoms in total. The van der Waals surface area contributed by atoms with Gasteiger partial charge in [0.1, 0.15) is 5.75 Å². The summed E-state index contributed by atoms with van der Waals surface area (Å²) in [5.41, 5.74) is 2.39. The number of benzene rings is 1. The van der Waals surface area contributed by atoms with Crippen molar-refractivity contribution in [1.82, 2.24) is 19.8 Å². The topological polar surface area (TPSA) is 75.6 Å². The first kappa shape index (κ1) is 27.4. The maximum absolute atomic E-state index is 13.2. The van der Waals surface area contributed by atoms with Crippen LogP contribution in [0.25, 0.3) is 21.8 Å². The standard InChI is InChI=1S/C36H50N4O2/c41-30-14-11-13-26-27-15-18-37-32(33(27)38-31(26)30)28-23-36(42)17-8-4-1-2-5-9-19-39-21-16-29(28)35(24-39)22-25-12-7-3-6-10-20-40(25)34(35)36/h11,13-15,18,25,28-29,34,38,41-42H,1-10,12,16-17,19-24H2/t25-,28-,29-,34+,35-,36-/m0/s1. The molecule has 42 heavy (non-hydrogen) atoms. The highest BCUT2D eigenvalue weighted by molar-refractivity contribution is 6.09. The number of fused-ring (bicyclic) bond motifs is 5. The van der Waals surface area contributed by atoms with Crippen LogP contribution < -0.4 is 0 Å². The Labute approximate surface area is 250 Å². The van der Waals surface area contributed by atoms with Gasteiger partial charge in [0.05, 0.1) is 22.3 Å². The largest absolute Gasteiger partial charge is 0.506 e. The molecule has 3 N–H and O–H groups in total. The number of para-hydroxylation sites is 1. The van der Waals surface area contributed by atoms with Crippen molar-refractivity contribution >= 4 is 21.8 Å². The van der Waals surface area contributed by atoms with E-state index in [1.807, 2.05) is 12.3 Å². The number of rotatable bonds is 1. The summed E-state index contributed by atoms with van der Waals surface area (Å²) in [5, 5.41) is 26.1. The Bertz CT molecular complexity index is 1440. The number of nitrogens with zero attached hydrogens (tertiary/aromatic N) is 3. The van der Waals surface area contributed by atoms with Crippen molar-refractivity contribution in [3.63, 3.8) is 0 Å². The van der Waals surface area contributed by atoms with Gasteiger partial charge in [0.2, 0.25) is 0 Å². The van der Waals surface area contributed by atoms with Crippen molar-refractivity contribution in [2.75, 3.05) is 26.2 Å². The van der Waals surface area contributed by atoms with Crippen LogP contribution in [0, 0.1) is 11.3 Å². The van der Waals surface area contributed by atoms with E-state index in [0.717, 1.165) is 59.9 Å². The smallest absolute Gasteiger partial charge is 0.139 e. The van der Waals surface area contributed by atoms with Gasteiger partial charge in [0.15, 0.2) is 0 Å². The normalized spacial score (nSPS) is 38.2. The van der Waals surface area contributed by atoms with Crippen LogP contribution in [0.2, 0.25) is 0 Å². The van der Waals surface area contributed by atoms with Gasteiger partial charge in [-0.1, -0.05) is 63.5 Å². The predicted octanol–water partition coefficient (Wildman–Crippen LogP) is 7.10. The number of aromatic amines is 1. The highest BCUT2D eigenvalue weighted by atomic mass is 16.3. The van der Waals surface area contributed by atoms with Crippen molar-refractivity contribution in [3.8, 4) is 5.75 Å². The molecule has 7 atom stereocenters. The van der Waals surface area contributed by atoms with Crippen molar-refractivity contribution in [3.05, 3.63) is 36.2 Å². The lowest BCUT2D eigenvalue weighted by Gasteiger charge is -2.61. The van der Waals surface area contributed by atoms with E-state index in [2.05, 4.69) is 26.9 Å². The van der Waals surface area contributed by atoms with E-state index < -0.39 is 5.60 Å². The molecule has 0 amide bonds. The third-order valence-corrected chi connectivity index (χ3v) is 12.5. The van der Waals surface area contributed by atoms with Gasteiger partial charge in [-0.3, -0.25) is 9.88 Å². The number of H-pyrrole nitrogens is 1. The van der Waals surface area contributed by atoms with Gasteiger partial charge in [0.25, 0.3) is 0 Å². The van der Waals surface area contributed by atoms with Gasteiger partial charge in [-0.15, -0.1) is 0 Å². The molecule has 1 aliphatic carbocycles. The molecule has 6 heteroatoms. The minimum atomic E-state index is -0.704. The first-order chi connectivity index (χ1) is 20.6. The number of nitrogens with one attached hydrogen (secondary N) is 1. The van der Waals surface area contributed by atoms with Gasteiger partial charge in [-0.25, -0.2) is 0 Å². The van der Waals surface area contributed by atoms with E-state index >= 15 is 0 Å². The number of hydrogen-bond acceptors (Lipinski definition) is 5. The lowest BCUT2D eigenvalue weighted by molar-refractivity contribution is -0.162. The summed E-state index contributed by atoms with van der Waals surface area (Å²) >= 11 is 0. The number of pyridine rings is 1. The Hall–Kier alpha value is -2.15. The number of phenolic OH excluding ortho intramolecular Hbond substituents is 1. The van der Waals surface area contributed by atoms with Gasteiger partial charge in [0, 0.05) is 46.9 Å². The highest BCUT2D eigenvalue weighted by Crippen LogP contribution is 2.64. The Morgan fingerprint density at radius 1 is 0.810 bits per heavy atom. The zero-order valence-corrected chi connectivity index (χ0v) is 25.4. The minimum absolute atomic E-state index is 0.0942. The molecule has 5 aliphatic rings. The number of aliphatic hydroxyl groups is 1. The summed E-state index contributed by atoms with van der Waals surface area (Å²) in [7, 11) is 0. The van der Waals surface area contributed by atoms with E-state index in [-0.39, 0.29) is 17.4 Å². The van der Waals surface area contributed by atoms with Crippen molar-refractivity contribution in [2.24, 2.45) is 11.3 Å². The van der Waals surface area contributed by atoms with Gasteiger partial charge >= 0.3 is 0 Å². The summed E-state index contributed by atoms with van der Waals surface area (Å²) in [6.07, 6.45) is 20.4. The number of hydrogen-bond donors (Lipinski definition) is 3. The molecule has 5 fully saturated rings. The molecule has 4 saturated heterocycles. The molecule has 4 aliphatic heterocycles. The molecular formula is C36H50N4O2. The minimum Gasteiger partial charge on any atom is -0.506 e. The molecule has 6 heterocycles.